The second kappa shape index (κ2) is 12.4. The molecule has 1 aromatic heterocycles. The highest BCUT2D eigenvalue weighted by Crippen LogP contribution is 2.18. The highest BCUT2D eigenvalue weighted by molar-refractivity contribution is 14.0. The fraction of sp³-hybridized carbons (Fsp3) is 0.762. The summed E-state index contributed by atoms with van der Waals surface area (Å²) < 4.78 is 7.55. The van der Waals surface area contributed by atoms with Gasteiger partial charge < -0.3 is 20.3 Å². The summed E-state index contributed by atoms with van der Waals surface area (Å²) in [5.74, 6) is 1.19. The van der Waals surface area contributed by atoms with E-state index in [9.17, 15) is 4.79 Å². The van der Waals surface area contributed by atoms with Crippen molar-refractivity contribution in [1.29, 1.82) is 0 Å². The van der Waals surface area contributed by atoms with Crippen molar-refractivity contribution in [3.8, 4) is 0 Å². The molecular formula is C21H39IN6O2. The van der Waals surface area contributed by atoms with Crippen LogP contribution >= 0.6 is 24.0 Å². The molecule has 172 valence electrons. The number of aryl methyl sites for hydroxylation is 3. The lowest BCUT2D eigenvalue weighted by molar-refractivity contribution is 0.0168. The van der Waals surface area contributed by atoms with Gasteiger partial charge in [0.15, 0.2) is 5.96 Å². The van der Waals surface area contributed by atoms with E-state index in [2.05, 4.69) is 33.7 Å². The van der Waals surface area contributed by atoms with Crippen molar-refractivity contribution in [2.45, 2.75) is 66.0 Å². The summed E-state index contributed by atoms with van der Waals surface area (Å²) in [6.45, 7) is 13.8. The predicted molar refractivity (Wildman–Crippen MR) is 132 cm³/mol. The Morgan fingerprint density at radius 3 is 2.67 bits per heavy atom. The number of carbonyl (C=O) groups is 1. The Labute approximate surface area is 198 Å². The number of hydrogen-bond donors (Lipinski definition) is 2. The number of amides is 1. The minimum Gasteiger partial charge on any atom is -0.444 e. The van der Waals surface area contributed by atoms with Crippen LogP contribution < -0.4 is 10.6 Å². The molecular weight excluding hydrogens is 495 g/mol. The molecule has 0 bridgehead atoms. The van der Waals surface area contributed by atoms with Gasteiger partial charge >= 0.3 is 6.09 Å². The van der Waals surface area contributed by atoms with Crippen LogP contribution in [0.4, 0.5) is 4.79 Å². The third-order valence-corrected chi connectivity index (χ3v) is 4.89. The summed E-state index contributed by atoms with van der Waals surface area (Å²) in [4.78, 5) is 18.4. The van der Waals surface area contributed by atoms with Gasteiger partial charge in [0.1, 0.15) is 5.60 Å². The third kappa shape index (κ3) is 9.09. The van der Waals surface area contributed by atoms with Gasteiger partial charge in [-0.25, -0.2) is 4.79 Å². The van der Waals surface area contributed by atoms with Crippen LogP contribution in [0.25, 0.3) is 0 Å². The number of ether oxygens (including phenoxy) is 1. The molecule has 0 saturated carbocycles. The molecule has 30 heavy (non-hydrogen) atoms. The van der Waals surface area contributed by atoms with E-state index in [0.717, 1.165) is 63.6 Å². The number of hydrogen-bond acceptors (Lipinski definition) is 4. The zero-order valence-corrected chi connectivity index (χ0v) is 21.7. The summed E-state index contributed by atoms with van der Waals surface area (Å²) >= 11 is 0. The lowest BCUT2D eigenvalue weighted by atomic mass is 9.98. The molecule has 8 nitrogen and oxygen atoms in total. The van der Waals surface area contributed by atoms with Gasteiger partial charge in [-0.2, -0.15) is 5.10 Å². The Kier molecular flexibility index (Phi) is 10.9. The average molecular weight is 534 g/mol. The second-order valence-corrected chi connectivity index (χ2v) is 8.82. The lowest BCUT2D eigenvalue weighted by Gasteiger charge is -2.34. The first-order valence-corrected chi connectivity index (χ1v) is 10.6. The van der Waals surface area contributed by atoms with Crippen molar-refractivity contribution in [1.82, 2.24) is 25.3 Å². The fourth-order valence-corrected chi connectivity index (χ4v) is 3.52. The fourth-order valence-electron chi connectivity index (χ4n) is 3.52. The second-order valence-electron chi connectivity index (χ2n) is 8.82. The van der Waals surface area contributed by atoms with Crippen molar-refractivity contribution in [2.24, 2.45) is 10.9 Å². The smallest absolute Gasteiger partial charge is 0.410 e. The van der Waals surface area contributed by atoms with E-state index in [1.807, 2.05) is 37.3 Å². The molecule has 0 radical (unpaired) electrons. The first-order chi connectivity index (χ1) is 13.7. The summed E-state index contributed by atoms with van der Waals surface area (Å²) in [7, 11) is 1.78. The molecule has 0 aliphatic carbocycles. The molecule has 2 rings (SSSR count). The summed E-state index contributed by atoms with van der Waals surface area (Å²) in [6.07, 6.45) is 2.86. The Hall–Kier alpha value is -1.52. The Balaban J connectivity index is 0.00000450. The number of carbonyl (C=O) groups excluding carboxylic acids is 1. The van der Waals surface area contributed by atoms with Gasteiger partial charge in [-0.15, -0.1) is 24.0 Å². The minimum absolute atomic E-state index is 0. The molecule has 1 amide bonds. The SMILES string of the molecule is CN=C(NCCCn1nc(C)cc1C)NCC1CCCN(C(=O)OC(C)(C)C)C1.I. The summed E-state index contributed by atoms with van der Waals surface area (Å²) in [5.41, 5.74) is 1.79. The normalized spacial score (nSPS) is 17.3. The van der Waals surface area contributed by atoms with Crippen molar-refractivity contribution in [3.05, 3.63) is 17.5 Å². The number of piperidine rings is 1. The summed E-state index contributed by atoms with van der Waals surface area (Å²) in [5, 5.41) is 11.3. The van der Waals surface area contributed by atoms with Crippen LogP contribution in [0.3, 0.4) is 0 Å². The molecule has 1 aliphatic rings. The number of guanidine groups is 1. The third-order valence-electron chi connectivity index (χ3n) is 4.89. The van der Waals surface area contributed by atoms with Crippen LogP contribution in [0.5, 0.6) is 0 Å². The molecule has 1 atom stereocenters. The first kappa shape index (κ1) is 26.5. The van der Waals surface area contributed by atoms with Crippen LogP contribution in [0.15, 0.2) is 11.1 Å². The number of nitrogens with one attached hydrogen (secondary N) is 2. The lowest BCUT2D eigenvalue weighted by Crippen LogP contribution is -2.47. The standard InChI is InChI=1S/C21H38N6O2.HI/c1-16-13-17(2)27(25-16)12-8-10-23-19(22-6)24-14-18-9-7-11-26(15-18)20(28)29-21(3,4)5;/h13,18H,7-12,14-15H2,1-6H3,(H2,22,23,24);1H. The molecule has 2 heterocycles. The Bertz CT molecular complexity index is 698. The number of aromatic nitrogens is 2. The maximum absolute atomic E-state index is 12.3. The van der Waals surface area contributed by atoms with E-state index in [0.29, 0.717) is 5.92 Å². The van der Waals surface area contributed by atoms with E-state index in [1.54, 1.807) is 7.05 Å². The predicted octanol–water partition coefficient (Wildman–Crippen LogP) is 3.32. The van der Waals surface area contributed by atoms with Crippen LogP contribution in [0.1, 0.15) is 51.4 Å². The topological polar surface area (TPSA) is 83.8 Å². The van der Waals surface area contributed by atoms with Crippen LogP contribution in [-0.4, -0.2) is 65.6 Å². The Morgan fingerprint density at radius 2 is 2.07 bits per heavy atom. The van der Waals surface area contributed by atoms with E-state index < -0.39 is 5.60 Å². The zero-order valence-electron chi connectivity index (χ0n) is 19.3. The Morgan fingerprint density at radius 1 is 1.33 bits per heavy atom. The van der Waals surface area contributed by atoms with E-state index in [4.69, 9.17) is 4.74 Å². The van der Waals surface area contributed by atoms with Gasteiger partial charge in [0.05, 0.1) is 5.69 Å². The highest BCUT2D eigenvalue weighted by Gasteiger charge is 2.27. The van der Waals surface area contributed by atoms with E-state index in [-0.39, 0.29) is 30.1 Å². The van der Waals surface area contributed by atoms with Gasteiger partial charge in [-0.05, 0) is 65.9 Å². The maximum Gasteiger partial charge on any atom is 0.410 e. The van der Waals surface area contributed by atoms with Gasteiger partial charge in [0.2, 0.25) is 0 Å². The number of halogens is 1. The number of rotatable bonds is 6. The quantitative estimate of drug-likeness (QED) is 0.253. The number of aliphatic imine (C=N–C) groups is 1. The number of likely N-dealkylation sites (tertiary alicyclic amines) is 1. The van der Waals surface area contributed by atoms with Gasteiger partial charge in [-0.3, -0.25) is 9.67 Å². The van der Waals surface area contributed by atoms with Crippen molar-refractivity contribution in [3.63, 3.8) is 0 Å². The van der Waals surface area contributed by atoms with Gasteiger partial charge in [-0.1, -0.05) is 0 Å². The molecule has 0 spiro atoms. The van der Waals surface area contributed by atoms with Crippen molar-refractivity contribution >= 4 is 36.0 Å². The average Bonchev–Trinajstić information content (AvgIpc) is 2.97. The molecule has 1 saturated heterocycles. The number of nitrogens with zero attached hydrogens (tertiary/aromatic N) is 4. The molecule has 9 heteroatoms. The summed E-state index contributed by atoms with van der Waals surface area (Å²) in [6, 6.07) is 2.10. The molecule has 2 N–H and O–H groups in total. The maximum atomic E-state index is 12.3. The molecule has 1 unspecified atom stereocenters. The molecule has 1 aromatic rings. The molecule has 1 aliphatic heterocycles. The van der Waals surface area contributed by atoms with Crippen LogP contribution in [-0.2, 0) is 11.3 Å². The molecule has 1 fully saturated rings. The van der Waals surface area contributed by atoms with Crippen molar-refractivity contribution in [2.75, 3.05) is 33.2 Å². The zero-order chi connectivity index (χ0) is 21.4. The van der Waals surface area contributed by atoms with Crippen molar-refractivity contribution < 1.29 is 9.53 Å². The van der Waals surface area contributed by atoms with E-state index in [1.165, 1.54) is 5.69 Å². The molecule has 0 aromatic carbocycles. The minimum atomic E-state index is -0.457. The first-order valence-electron chi connectivity index (χ1n) is 10.6. The highest BCUT2D eigenvalue weighted by atomic mass is 127. The van der Waals surface area contributed by atoms with E-state index >= 15 is 0 Å². The van der Waals surface area contributed by atoms with Gasteiger partial charge in [0.25, 0.3) is 0 Å². The largest absolute Gasteiger partial charge is 0.444 e. The van der Waals surface area contributed by atoms with Crippen LogP contribution in [0, 0.1) is 19.8 Å². The monoisotopic (exact) mass is 534 g/mol. The van der Waals surface area contributed by atoms with Gasteiger partial charge in [0, 0.05) is 45.5 Å². The van der Waals surface area contributed by atoms with Crippen LogP contribution in [0.2, 0.25) is 0 Å².